The fraction of sp³-hybridized carbons (Fsp3) is 0.357. The van der Waals surface area contributed by atoms with E-state index in [-0.39, 0.29) is 0 Å². The molecule has 19 heavy (non-hydrogen) atoms. The van der Waals surface area contributed by atoms with Crippen molar-refractivity contribution in [3.05, 3.63) is 42.0 Å². The Morgan fingerprint density at radius 3 is 2.26 bits per heavy atom. The zero-order valence-electron chi connectivity index (χ0n) is 10.4. The number of alkyl halides is 3. The molecule has 1 atom stereocenters. The molecule has 0 fully saturated rings. The van der Waals surface area contributed by atoms with Crippen LogP contribution in [0, 0.1) is 0 Å². The predicted molar refractivity (Wildman–Crippen MR) is 66.4 cm³/mol. The summed E-state index contributed by atoms with van der Waals surface area (Å²) in [6, 6.07) is 8.40. The van der Waals surface area contributed by atoms with Gasteiger partial charge < -0.3 is 5.11 Å². The predicted octanol–water partition coefficient (Wildman–Crippen LogP) is 3.36. The van der Waals surface area contributed by atoms with E-state index < -0.39 is 24.5 Å². The first-order chi connectivity index (χ1) is 8.84. The molecule has 0 bridgehead atoms. The highest BCUT2D eigenvalue weighted by Gasteiger charge is 2.54. The molecule has 0 radical (unpaired) electrons. The van der Waals surface area contributed by atoms with Gasteiger partial charge in [0.05, 0.1) is 0 Å². The first kappa shape index (κ1) is 15.4. The number of carbonyl (C=O) groups is 1. The molecule has 5 heteroatoms. The zero-order chi connectivity index (χ0) is 14.5. The van der Waals surface area contributed by atoms with Crippen molar-refractivity contribution >= 4 is 11.9 Å². The standard InChI is InChI=1S/C14H15F3O2/c1-2-6-12(11-7-4-3-5-8-11)9-13(19,10-18)14(15,16)17/h3-8,10,19H,2,9H2,1H3/b12-6+. The Labute approximate surface area is 109 Å². The van der Waals surface area contributed by atoms with E-state index >= 15 is 0 Å². The van der Waals surface area contributed by atoms with Crippen LogP contribution in [-0.4, -0.2) is 23.2 Å². The van der Waals surface area contributed by atoms with Gasteiger partial charge in [-0.05, 0) is 17.6 Å². The molecule has 0 spiro atoms. The summed E-state index contributed by atoms with van der Waals surface area (Å²) < 4.78 is 38.1. The lowest BCUT2D eigenvalue weighted by Gasteiger charge is -2.26. The number of allylic oxidation sites excluding steroid dienone is 1. The van der Waals surface area contributed by atoms with Crippen LogP contribution in [0.25, 0.3) is 5.57 Å². The van der Waals surface area contributed by atoms with E-state index in [0.717, 1.165) is 0 Å². The van der Waals surface area contributed by atoms with Gasteiger partial charge in [0.1, 0.15) is 0 Å². The third-order valence-corrected chi connectivity index (χ3v) is 2.74. The van der Waals surface area contributed by atoms with Crippen LogP contribution in [-0.2, 0) is 4.79 Å². The third kappa shape index (κ3) is 3.67. The number of rotatable bonds is 5. The van der Waals surface area contributed by atoms with E-state index in [4.69, 9.17) is 0 Å². The zero-order valence-corrected chi connectivity index (χ0v) is 10.4. The minimum Gasteiger partial charge on any atom is -0.374 e. The summed E-state index contributed by atoms with van der Waals surface area (Å²) in [5.74, 6) is 0. The fourth-order valence-electron chi connectivity index (χ4n) is 1.69. The molecule has 0 heterocycles. The summed E-state index contributed by atoms with van der Waals surface area (Å²) in [7, 11) is 0. The largest absolute Gasteiger partial charge is 0.424 e. The molecule has 0 aromatic heterocycles. The van der Waals surface area contributed by atoms with E-state index in [1.54, 1.807) is 43.3 Å². The minimum atomic E-state index is -4.99. The number of benzene rings is 1. The second kappa shape index (κ2) is 6.02. The van der Waals surface area contributed by atoms with Gasteiger partial charge in [-0.15, -0.1) is 0 Å². The van der Waals surface area contributed by atoms with Gasteiger partial charge in [0.25, 0.3) is 0 Å². The molecule has 1 aromatic rings. The molecule has 2 nitrogen and oxygen atoms in total. The SMILES string of the molecule is CC/C=C(\CC(O)(C=O)C(F)(F)F)c1ccccc1. The highest BCUT2D eigenvalue weighted by molar-refractivity contribution is 5.73. The molecule has 104 valence electrons. The second-order valence-corrected chi connectivity index (χ2v) is 4.22. The van der Waals surface area contributed by atoms with Crippen LogP contribution in [0.3, 0.4) is 0 Å². The molecule has 0 aliphatic rings. The smallest absolute Gasteiger partial charge is 0.374 e. The lowest BCUT2D eigenvalue weighted by Crippen LogP contribution is -2.46. The third-order valence-electron chi connectivity index (χ3n) is 2.74. The molecular formula is C14H15F3O2. The van der Waals surface area contributed by atoms with Crippen molar-refractivity contribution in [1.29, 1.82) is 0 Å². The van der Waals surface area contributed by atoms with Crippen molar-refractivity contribution in [2.75, 3.05) is 0 Å². The highest BCUT2D eigenvalue weighted by atomic mass is 19.4. The summed E-state index contributed by atoms with van der Waals surface area (Å²) in [5.41, 5.74) is -2.48. The Balaban J connectivity index is 3.11. The van der Waals surface area contributed by atoms with Gasteiger partial charge in [0.15, 0.2) is 6.29 Å². The van der Waals surface area contributed by atoms with Crippen molar-refractivity contribution in [2.45, 2.75) is 31.5 Å². The average molecular weight is 272 g/mol. The van der Waals surface area contributed by atoms with Crippen molar-refractivity contribution in [2.24, 2.45) is 0 Å². The van der Waals surface area contributed by atoms with Crippen molar-refractivity contribution in [3.63, 3.8) is 0 Å². The maximum Gasteiger partial charge on any atom is 0.424 e. The van der Waals surface area contributed by atoms with Crippen molar-refractivity contribution in [3.8, 4) is 0 Å². The molecule has 0 amide bonds. The molecule has 0 aliphatic heterocycles. The van der Waals surface area contributed by atoms with E-state index in [1.807, 2.05) is 0 Å². The molecule has 1 unspecified atom stereocenters. The van der Waals surface area contributed by atoms with Crippen LogP contribution in [0.1, 0.15) is 25.3 Å². The van der Waals surface area contributed by atoms with E-state index in [9.17, 15) is 23.1 Å². The Morgan fingerprint density at radius 1 is 1.26 bits per heavy atom. The summed E-state index contributed by atoms with van der Waals surface area (Å²) in [5, 5.41) is 9.48. The number of halogens is 3. The molecule has 1 aromatic carbocycles. The van der Waals surface area contributed by atoms with E-state index in [1.165, 1.54) is 0 Å². The van der Waals surface area contributed by atoms with E-state index in [0.29, 0.717) is 17.6 Å². The maximum absolute atomic E-state index is 12.7. The first-order valence-electron chi connectivity index (χ1n) is 5.84. The van der Waals surface area contributed by atoms with Gasteiger partial charge in [-0.25, -0.2) is 0 Å². The van der Waals surface area contributed by atoms with Gasteiger partial charge in [0.2, 0.25) is 5.60 Å². The number of aldehydes is 1. The second-order valence-electron chi connectivity index (χ2n) is 4.22. The van der Waals surface area contributed by atoms with Crippen molar-refractivity contribution in [1.82, 2.24) is 0 Å². The summed E-state index contributed by atoms with van der Waals surface area (Å²) in [4.78, 5) is 10.6. The first-order valence-corrected chi connectivity index (χ1v) is 5.84. The van der Waals surface area contributed by atoms with Gasteiger partial charge in [0, 0.05) is 6.42 Å². The normalized spacial score (nSPS) is 15.9. The number of hydrogen-bond acceptors (Lipinski definition) is 2. The van der Waals surface area contributed by atoms with Crippen LogP contribution < -0.4 is 0 Å². The molecular weight excluding hydrogens is 257 g/mol. The lowest BCUT2D eigenvalue weighted by molar-refractivity contribution is -0.242. The molecule has 1 rings (SSSR count). The number of carbonyl (C=O) groups excluding carboxylic acids is 1. The molecule has 0 saturated carbocycles. The van der Waals surface area contributed by atoms with Crippen LogP contribution in [0.5, 0.6) is 0 Å². The van der Waals surface area contributed by atoms with Crippen LogP contribution >= 0.6 is 0 Å². The number of aliphatic hydroxyl groups is 1. The van der Waals surface area contributed by atoms with Gasteiger partial charge in [-0.1, -0.05) is 43.3 Å². The fourth-order valence-corrected chi connectivity index (χ4v) is 1.69. The summed E-state index contributed by atoms with van der Waals surface area (Å²) in [6.07, 6.45) is -4.12. The average Bonchev–Trinajstić information content (AvgIpc) is 2.37. The lowest BCUT2D eigenvalue weighted by atomic mass is 9.90. The summed E-state index contributed by atoms with van der Waals surface area (Å²) in [6.45, 7) is 1.77. The maximum atomic E-state index is 12.7. The van der Waals surface area contributed by atoms with Crippen LogP contribution in [0.15, 0.2) is 36.4 Å². The van der Waals surface area contributed by atoms with E-state index in [2.05, 4.69) is 0 Å². The summed E-state index contributed by atoms with van der Waals surface area (Å²) >= 11 is 0. The molecule has 0 aliphatic carbocycles. The van der Waals surface area contributed by atoms with Crippen LogP contribution in [0.4, 0.5) is 13.2 Å². The monoisotopic (exact) mass is 272 g/mol. The van der Waals surface area contributed by atoms with Gasteiger partial charge in [-0.3, -0.25) is 4.79 Å². The van der Waals surface area contributed by atoms with Crippen LogP contribution in [0.2, 0.25) is 0 Å². The minimum absolute atomic E-state index is 0.301. The Kier molecular flexibility index (Phi) is 4.89. The van der Waals surface area contributed by atoms with Gasteiger partial charge >= 0.3 is 6.18 Å². The topological polar surface area (TPSA) is 37.3 Å². The quantitative estimate of drug-likeness (QED) is 0.834. The van der Waals surface area contributed by atoms with Crippen molar-refractivity contribution < 1.29 is 23.1 Å². The Morgan fingerprint density at radius 2 is 1.84 bits per heavy atom. The highest BCUT2D eigenvalue weighted by Crippen LogP contribution is 2.36. The molecule has 0 saturated heterocycles. The molecule has 1 N–H and O–H groups in total. The Bertz CT molecular complexity index is 452. The Hall–Kier alpha value is -1.62. The number of hydrogen-bond donors (Lipinski definition) is 1. The van der Waals surface area contributed by atoms with Gasteiger partial charge in [-0.2, -0.15) is 13.2 Å².